The SMILES string of the molecule is C=C(C)NCCCC(NC(=O)C1(C(=O)O)CCC1)C(=O)Nc1ccc(COc2ccccc2C2=CC(N3CC4CCC(C3)N4c3ccnc(OCCN4CCNCC4C)c3)=C(N)NN2)cc1. The largest absolute Gasteiger partial charge is 0.488 e. The molecular weight excluding hydrogens is 839 g/mol. The zero-order valence-electron chi connectivity index (χ0n) is 38.1. The number of nitrogens with one attached hydrogen (secondary N) is 6. The average molecular weight is 904 g/mol. The third-order valence-corrected chi connectivity index (χ3v) is 13.6. The van der Waals surface area contributed by atoms with Crippen LogP contribution in [0.5, 0.6) is 11.6 Å². The lowest BCUT2D eigenvalue weighted by atomic mass is 9.68. The first-order chi connectivity index (χ1) is 32.0. The van der Waals surface area contributed by atoms with Crippen LogP contribution in [0.2, 0.25) is 0 Å². The molecule has 4 aliphatic heterocycles. The van der Waals surface area contributed by atoms with Gasteiger partial charge in [-0.15, -0.1) is 0 Å². The molecule has 66 heavy (non-hydrogen) atoms. The quantitative estimate of drug-likeness (QED) is 0.0599. The van der Waals surface area contributed by atoms with Crippen molar-refractivity contribution in [3.63, 3.8) is 0 Å². The number of para-hydroxylation sites is 1. The highest BCUT2D eigenvalue weighted by Gasteiger charge is 2.52. The third kappa shape index (κ3) is 10.6. The van der Waals surface area contributed by atoms with Gasteiger partial charge in [0.25, 0.3) is 0 Å². The molecule has 1 aromatic heterocycles. The molecule has 3 saturated heterocycles. The number of nitrogens with two attached hydrogens (primary N) is 1. The Balaban J connectivity index is 0.871. The minimum Gasteiger partial charge on any atom is -0.488 e. The van der Waals surface area contributed by atoms with E-state index in [0.29, 0.717) is 73.7 Å². The van der Waals surface area contributed by atoms with Crippen molar-refractivity contribution in [2.45, 2.75) is 89.6 Å². The minimum atomic E-state index is -1.48. The molecule has 1 aliphatic carbocycles. The molecule has 0 radical (unpaired) electrons. The van der Waals surface area contributed by atoms with Crippen LogP contribution in [0.3, 0.4) is 0 Å². The van der Waals surface area contributed by atoms with Gasteiger partial charge >= 0.3 is 5.97 Å². The van der Waals surface area contributed by atoms with Crippen molar-refractivity contribution in [2.24, 2.45) is 11.1 Å². The summed E-state index contributed by atoms with van der Waals surface area (Å²) < 4.78 is 12.6. The first-order valence-electron chi connectivity index (χ1n) is 23.3. The summed E-state index contributed by atoms with van der Waals surface area (Å²) in [5, 5.41) is 22.0. The summed E-state index contributed by atoms with van der Waals surface area (Å²) in [6.07, 6.45) is 8.18. The van der Waals surface area contributed by atoms with Crippen molar-refractivity contribution in [3.05, 3.63) is 108 Å². The summed E-state index contributed by atoms with van der Waals surface area (Å²) in [6, 6.07) is 19.6. The Kier molecular flexibility index (Phi) is 14.5. The van der Waals surface area contributed by atoms with E-state index in [9.17, 15) is 19.5 Å². The van der Waals surface area contributed by atoms with Gasteiger partial charge in [0.05, 0.1) is 11.4 Å². The van der Waals surface area contributed by atoms with Gasteiger partial charge in [-0.25, -0.2) is 4.98 Å². The fourth-order valence-electron chi connectivity index (χ4n) is 9.63. The molecule has 352 valence electrons. The van der Waals surface area contributed by atoms with Crippen molar-refractivity contribution in [1.29, 1.82) is 0 Å². The number of rotatable bonds is 20. The van der Waals surface area contributed by atoms with Crippen molar-refractivity contribution in [2.75, 3.05) is 62.6 Å². The molecule has 4 unspecified atom stereocenters. The molecule has 4 atom stereocenters. The standard InChI is InChI=1S/C49H65N11O6/c1-32(2)52-20-6-9-40(55-47(62)49(48(63)64)18-7-19-49)46(61)54-35-13-11-34(12-14-35)31-66-43-10-5-4-8-39(43)41-27-42(45(50)57-56-41)59-29-37-15-16-38(30-59)60(37)36-17-21-53-44(26-36)65-25-24-58-23-22-51-28-33(58)3/h4-5,8,10-14,17,21,26-27,33,37-38,40,51-52,56-57H,1,6-7,9,15-16,18-20,22-25,28-31,50H2,2-3H3,(H,54,61)(H,55,62)(H,63,64). The van der Waals surface area contributed by atoms with Gasteiger partial charge in [0.1, 0.15) is 36.2 Å². The molecular formula is C49H65N11O6. The highest BCUT2D eigenvalue weighted by molar-refractivity contribution is 6.05. The lowest BCUT2D eigenvalue weighted by Crippen LogP contribution is -2.55. The molecule has 8 rings (SSSR count). The average Bonchev–Trinajstić information content (AvgIpc) is 3.56. The van der Waals surface area contributed by atoms with Crippen molar-refractivity contribution >= 4 is 34.9 Å². The van der Waals surface area contributed by atoms with Crippen LogP contribution in [0, 0.1) is 5.41 Å². The molecule has 2 amide bonds. The maximum absolute atomic E-state index is 13.5. The van der Waals surface area contributed by atoms with Gasteiger partial charge in [-0.1, -0.05) is 37.3 Å². The summed E-state index contributed by atoms with van der Waals surface area (Å²) in [4.78, 5) is 50.6. The summed E-state index contributed by atoms with van der Waals surface area (Å²) >= 11 is 0. The van der Waals surface area contributed by atoms with Crippen molar-refractivity contribution < 1.29 is 29.0 Å². The number of amides is 2. The van der Waals surface area contributed by atoms with E-state index in [1.165, 1.54) is 0 Å². The number of piperazine rings is 2. The zero-order valence-corrected chi connectivity index (χ0v) is 38.1. The Bertz CT molecular complexity index is 2280. The predicted octanol–water partition coefficient (Wildman–Crippen LogP) is 3.84. The molecule has 1 saturated carbocycles. The predicted molar refractivity (Wildman–Crippen MR) is 254 cm³/mol. The molecule has 2 bridgehead atoms. The summed E-state index contributed by atoms with van der Waals surface area (Å²) in [6.45, 7) is 14.9. The Morgan fingerprint density at radius 3 is 2.53 bits per heavy atom. The van der Waals surface area contributed by atoms with Crippen molar-refractivity contribution in [1.82, 2.24) is 41.6 Å². The van der Waals surface area contributed by atoms with Crippen LogP contribution in [-0.2, 0) is 21.0 Å². The molecule has 17 nitrogen and oxygen atoms in total. The number of nitrogens with zero attached hydrogens (tertiary/aromatic N) is 4. The van der Waals surface area contributed by atoms with Gasteiger partial charge in [0.2, 0.25) is 17.7 Å². The number of carboxylic acid groups (broad SMARTS) is 1. The van der Waals surface area contributed by atoms with E-state index >= 15 is 0 Å². The molecule has 4 fully saturated rings. The van der Waals surface area contributed by atoms with Gasteiger partial charge in [0.15, 0.2) is 0 Å². The minimum absolute atomic E-state index is 0.257. The van der Waals surface area contributed by atoms with Crippen LogP contribution in [-0.4, -0.2) is 114 Å². The van der Waals surface area contributed by atoms with E-state index in [0.717, 1.165) is 86.0 Å². The topological polar surface area (TPSA) is 211 Å². The fourth-order valence-corrected chi connectivity index (χ4v) is 9.63. The maximum atomic E-state index is 13.5. The van der Waals surface area contributed by atoms with Crippen LogP contribution in [0.4, 0.5) is 11.4 Å². The van der Waals surface area contributed by atoms with Crippen LogP contribution >= 0.6 is 0 Å². The summed E-state index contributed by atoms with van der Waals surface area (Å²) in [5.41, 5.74) is 17.6. The number of likely N-dealkylation sites (tertiary alicyclic amines) is 1. The monoisotopic (exact) mass is 904 g/mol. The number of aromatic nitrogens is 1. The highest BCUT2D eigenvalue weighted by atomic mass is 16.5. The second-order valence-corrected chi connectivity index (χ2v) is 18.2. The van der Waals surface area contributed by atoms with Crippen LogP contribution in [0.25, 0.3) is 5.70 Å². The number of allylic oxidation sites excluding steroid dienone is 2. The summed E-state index contributed by atoms with van der Waals surface area (Å²) in [5.74, 6) is -0.283. The zero-order chi connectivity index (χ0) is 46.2. The molecule has 9 N–H and O–H groups in total. The number of hydrazine groups is 1. The van der Waals surface area contributed by atoms with Gasteiger partial charge < -0.3 is 51.4 Å². The second kappa shape index (κ2) is 20.8. The number of carboxylic acids is 1. The van der Waals surface area contributed by atoms with Gasteiger partial charge in [-0.3, -0.25) is 30.1 Å². The molecule has 0 spiro atoms. The van der Waals surface area contributed by atoms with Gasteiger partial charge in [-0.05, 0) is 94.3 Å². The lowest BCUT2D eigenvalue weighted by molar-refractivity contribution is -0.162. The first kappa shape index (κ1) is 46.1. The number of fused-ring (bicyclic) bond motifs is 2. The molecule has 17 heteroatoms. The van der Waals surface area contributed by atoms with Gasteiger partial charge in [-0.2, -0.15) is 0 Å². The normalized spacial score (nSPS) is 21.6. The number of aliphatic carboxylic acids is 1. The first-order valence-corrected chi connectivity index (χ1v) is 23.3. The van der Waals surface area contributed by atoms with Crippen molar-refractivity contribution in [3.8, 4) is 11.6 Å². The Labute approximate surface area is 387 Å². The van der Waals surface area contributed by atoms with E-state index in [1.807, 2.05) is 49.5 Å². The fraction of sp³-hybridized carbons (Fsp3) is 0.469. The highest BCUT2D eigenvalue weighted by Crippen LogP contribution is 2.42. The van der Waals surface area contributed by atoms with Crippen LogP contribution < -0.4 is 52.2 Å². The Morgan fingerprint density at radius 2 is 1.82 bits per heavy atom. The number of hydrogen-bond donors (Lipinski definition) is 8. The van der Waals surface area contributed by atoms with E-state index in [1.54, 1.807) is 12.1 Å². The number of anilines is 2. The van der Waals surface area contributed by atoms with Crippen LogP contribution in [0.1, 0.15) is 69.9 Å². The Hall–Kier alpha value is -6.46. The lowest BCUT2D eigenvalue weighted by Gasteiger charge is -2.44. The maximum Gasteiger partial charge on any atom is 0.319 e. The number of hydrogen-bond acceptors (Lipinski definition) is 14. The van der Waals surface area contributed by atoms with Crippen LogP contribution in [0.15, 0.2) is 96.7 Å². The third-order valence-electron chi connectivity index (χ3n) is 13.6. The summed E-state index contributed by atoms with van der Waals surface area (Å²) in [7, 11) is 0. The molecule has 2 aromatic carbocycles. The number of carbonyl (C=O) groups is 3. The number of carbonyl (C=O) groups excluding carboxylic acids is 2. The molecule has 5 heterocycles. The molecule has 5 aliphatic rings. The number of pyridine rings is 1. The van der Waals surface area contributed by atoms with E-state index in [-0.39, 0.29) is 19.4 Å². The smallest absolute Gasteiger partial charge is 0.319 e. The number of benzene rings is 2. The van der Waals surface area contributed by atoms with Gasteiger partial charge in [0, 0.05) is 98.8 Å². The number of ether oxygens (including phenoxy) is 2. The van der Waals surface area contributed by atoms with E-state index in [4.69, 9.17) is 15.2 Å². The molecule has 3 aromatic rings. The van der Waals surface area contributed by atoms with E-state index in [2.05, 4.69) is 83.5 Å². The van der Waals surface area contributed by atoms with E-state index < -0.39 is 29.2 Å². The second-order valence-electron chi connectivity index (χ2n) is 18.2. The Morgan fingerprint density at radius 1 is 1.05 bits per heavy atom.